The number of likely N-dealkylation sites (N-methyl/N-ethyl adjacent to an activating group) is 1. The van der Waals surface area contributed by atoms with Gasteiger partial charge in [-0.15, -0.1) is 0 Å². The molecule has 1 aliphatic rings. The normalized spacial score (nSPS) is 15.7. The van der Waals surface area contributed by atoms with Crippen molar-refractivity contribution in [1.82, 2.24) is 4.90 Å². The molecule has 0 atom stereocenters. The maximum absolute atomic E-state index is 12.0. The highest BCUT2D eigenvalue weighted by atomic mass is 16.6. The summed E-state index contributed by atoms with van der Waals surface area (Å²) in [7, 11) is 1.83. The van der Waals surface area contributed by atoms with E-state index < -0.39 is 4.92 Å². The van der Waals surface area contributed by atoms with E-state index in [0.717, 1.165) is 18.4 Å². The van der Waals surface area contributed by atoms with Crippen molar-refractivity contribution in [1.29, 1.82) is 0 Å². The lowest BCUT2D eigenvalue weighted by Crippen LogP contribution is -2.33. The summed E-state index contributed by atoms with van der Waals surface area (Å²) in [6, 6.07) is 6.49. The van der Waals surface area contributed by atoms with Crippen molar-refractivity contribution in [2.75, 3.05) is 7.05 Å². The van der Waals surface area contributed by atoms with Gasteiger partial charge in [0.05, 0.1) is 4.92 Å². The van der Waals surface area contributed by atoms with Crippen molar-refractivity contribution < 1.29 is 9.72 Å². The summed E-state index contributed by atoms with van der Waals surface area (Å²) in [5.41, 5.74) is 0.834. The Morgan fingerprint density at radius 2 is 1.90 bits per heavy atom. The largest absolute Gasteiger partial charge is 0.339 e. The summed E-state index contributed by atoms with van der Waals surface area (Å²) >= 11 is 0. The van der Waals surface area contributed by atoms with Crippen LogP contribution < -0.4 is 0 Å². The molecule has 0 spiro atoms. The van der Waals surface area contributed by atoms with Crippen LogP contribution in [0.15, 0.2) is 30.3 Å². The van der Waals surface area contributed by atoms with Crippen LogP contribution in [-0.4, -0.2) is 28.8 Å². The number of carbonyl (C=O) groups excluding carboxylic acids is 1. The summed E-state index contributed by atoms with van der Waals surface area (Å²) in [5.74, 6) is -0.0183. The average Bonchev–Trinajstić information content (AvgIpc) is 2.98. The molecule has 2 rings (SSSR count). The van der Waals surface area contributed by atoms with E-state index in [4.69, 9.17) is 0 Å². The molecule has 1 aromatic rings. The van der Waals surface area contributed by atoms with E-state index in [9.17, 15) is 14.9 Å². The van der Waals surface area contributed by atoms with Crippen molar-refractivity contribution in [3.8, 4) is 0 Å². The number of benzene rings is 1. The van der Waals surface area contributed by atoms with E-state index in [1.165, 1.54) is 31.1 Å². The fourth-order valence-corrected chi connectivity index (χ4v) is 2.46. The van der Waals surface area contributed by atoms with Crippen molar-refractivity contribution in [3.63, 3.8) is 0 Å². The number of amides is 1. The third kappa shape index (κ3) is 3.44. The summed E-state index contributed by atoms with van der Waals surface area (Å²) in [4.78, 5) is 23.9. The van der Waals surface area contributed by atoms with Crippen LogP contribution in [0.25, 0.3) is 6.08 Å². The first-order valence-corrected chi connectivity index (χ1v) is 6.77. The van der Waals surface area contributed by atoms with Crippen LogP contribution in [0.4, 0.5) is 5.69 Å². The van der Waals surface area contributed by atoms with Gasteiger partial charge in [0.15, 0.2) is 0 Å². The molecule has 1 amide bonds. The van der Waals surface area contributed by atoms with Gasteiger partial charge in [0, 0.05) is 31.3 Å². The minimum Gasteiger partial charge on any atom is -0.339 e. The molecule has 5 heteroatoms. The Bertz CT molecular complexity index is 516. The Balaban J connectivity index is 1.97. The molecule has 0 aromatic heterocycles. The second-order valence-corrected chi connectivity index (χ2v) is 5.07. The lowest BCUT2D eigenvalue weighted by atomic mass is 10.2. The summed E-state index contributed by atoms with van der Waals surface area (Å²) in [5, 5.41) is 10.5. The Morgan fingerprint density at radius 3 is 2.45 bits per heavy atom. The topological polar surface area (TPSA) is 63.5 Å². The van der Waals surface area contributed by atoms with Gasteiger partial charge in [0.25, 0.3) is 5.69 Å². The standard InChI is InChI=1S/C15H18N2O3/c1-16(13-4-2-3-5-13)15(18)11-8-12-6-9-14(10-7-12)17(19)20/h6-11,13H,2-5H2,1H3/b11-8+. The van der Waals surface area contributed by atoms with E-state index in [0.29, 0.717) is 6.04 Å². The SMILES string of the molecule is CN(C(=O)/C=C/c1ccc([N+](=O)[O-])cc1)C1CCCC1. The van der Waals surface area contributed by atoms with Crippen molar-refractivity contribution in [2.45, 2.75) is 31.7 Å². The molecule has 1 aromatic carbocycles. The molecular formula is C15H18N2O3. The van der Waals surface area contributed by atoms with Gasteiger partial charge >= 0.3 is 0 Å². The summed E-state index contributed by atoms with van der Waals surface area (Å²) in [6.07, 6.45) is 7.75. The number of nitro groups is 1. The molecule has 20 heavy (non-hydrogen) atoms. The molecule has 0 bridgehead atoms. The van der Waals surface area contributed by atoms with Crippen LogP contribution in [-0.2, 0) is 4.79 Å². The number of carbonyl (C=O) groups is 1. The Labute approximate surface area is 118 Å². The predicted molar refractivity (Wildman–Crippen MR) is 77.2 cm³/mol. The van der Waals surface area contributed by atoms with Crippen LogP contribution in [0.1, 0.15) is 31.2 Å². The average molecular weight is 274 g/mol. The molecule has 0 radical (unpaired) electrons. The van der Waals surface area contributed by atoms with Crippen LogP contribution in [0.2, 0.25) is 0 Å². The zero-order valence-electron chi connectivity index (χ0n) is 11.5. The van der Waals surface area contributed by atoms with E-state index in [2.05, 4.69) is 0 Å². The fraction of sp³-hybridized carbons (Fsp3) is 0.400. The van der Waals surface area contributed by atoms with Crippen LogP contribution >= 0.6 is 0 Å². The highest BCUT2D eigenvalue weighted by Crippen LogP contribution is 2.22. The molecular weight excluding hydrogens is 256 g/mol. The molecule has 0 saturated heterocycles. The van der Waals surface area contributed by atoms with Gasteiger partial charge in [-0.25, -0.2) is 0 Å². The lowest BCUT2D eigenvalue weighted by molar-refractivity contribution is -0.384. The van der Waals surface area contributed by atoms with Gasteiger partial charge in [0.1, 0.15) is 0 Å². The monoisotopic (exact) mass is 274 g/mol. The van der Waals surface area contributed by atoms with E-state index in [1.807, 2.05) is 7.05 Å². The van der Waals surface area contributed by atoms with Gasteiger partial charge in [-0.3, -0.25) is 14.9 Å². The molecule has 1 aliphatic carbocycles. The van der Waals surface area contributed by atoms with E-state index in [1.54, 1.807) is 23.1 Å². The maximum atomic E-state index is 12.0. The second-order valence-electron chi connectivity index (χ2n) is 5.07. The number of nitrogens with zero attached hydrogens (tertiary/aromatic N) is 2. The quantitative estimate of drug-likeness (QED) is 0.481. The van der Waals surface area contributed by atoms with Gasteiger partial charge < -0.3 is 4.90 Å². The first kappa shape index (κ1) is 14.2. The van der Waals surface area contributed by atoms with Gasteiger partial charge in [0.2, 0.25) is 5.91 Å². The molecule has 0 heterocycles. The minimum atomic E-state index is -0.438. The third-order valence-electron chi connectivity index (χ3n) is 3.74. The summed E-state index contributed by atoms with van der Waals surface area (Å²) < 4.78 is 0. The fourth-order valence-electron chi connectivity index (χ4n) is 2.46. The van der Waals surface area contributed by atoms with Gasteiger partial charge in [-0.1, -0.05) is 12.8 Å². The Kier molecular flexibility index (Phi) is 4.50. The molecule has 0 aliphatic heterocycles. The minimum absolute atomic E-state index is 0.0183. The van der Waals surface area contributed by atoms with Crippen LogP contribution in [0.5, 0.6) is 0 Å². The van der Waals surface area contributed by atoms with Crippen LogP contribution in [0, 0.1) is 10.1 Å². The van der Waals surface area contributed by atoms with Crippen LogP contribution in [0.3, 0.4) is 0 Å². The zero-order chi connectivity index (χ0) is 14.5. The first-order valence-electron chi connectivity index (χ1n) is 6.77. The number of nitro benzene ring substituents is 1. The lowest BCUT2D eigenvalue weighted by Gasteiger charge is -2.22. The number of hydrogen-bond donors (Lipinski definition) is 0. The zero-order valence-corrected chi connectivity index (χ0v) is 11.5. The predicted octanol–water partition coefficient (Wildman–Crippen LogP) is 3.01. The van der Waals surface area contributed by atoms with Crippen molar-refractivity contribution >= 4 is 17.7 Å². The molecule has 1 fully saturated rings. The highest BCUT2D eigenvalue weighted by molar-refractivity contribution is 5.91. The third-order valence-corrected chi connectivity index (χ3v) is 3.74. The van der Waals surface area contributed by atoms with Crippen molar-refractivity contribution in [2.24, 2.45) is 0 Å². The number of rotatable bonds is 4. The van der Waals surface area contributed by atoms with Gasteiger partial charge in [-0.05, 0) is 36.6 Å². The van der Waals surface area contributed by atoms with Gasteiger partial charge in [-0.2, -0.15) is 0 Å². The second kappa shape index (κ2) is 6.32. The van der Waals surface area contributed by atoms with E-state index in [-0.39, 0.29) is 11.6 Å². The molecule has 106 valence electrons. The first-order chi connectivity index (χ1) is 9.58. The summed E-state index contributed by atoms with van der Waals surface area (Å²) in [6.45, 7) is 0. The van der Waals surface area contributed by atoms with Crippen molar-refractivity contribution in [3.05, 3.63) is 46.0 Å². The molecule has 0 N–H and O–H groups in total. The number of non-ortho nitro benzene ring substituents is 1. The van der Waals surface area contributed by atoms with E-state index >= 15 is 0 Å². The molecule has 1 saturated carbocycles. The Hall–Kier alpha value is -2.17. The molecule has 5 nitrogen and oxygen atoms in total. The molecule has 0 unspecified atom stereocenters. The number of hydrogen-bond acceptors (Lipinski definition) is 3. The maximum Gasteiger partial charge on any atom is 0.269 e. The smallest absolute Gasteiger partial charge is 0.269 e. The Morgan fingerprint density at radius 1 is 1.30 bits per heavy atom. The highest BCUT2D eigenvalue weighted by Gasteiger charge is 2.21.